The molecule has 8 heteroatoms. The highest BCUT2D eigenvalue weighted by Gasteiger charge is 2.36. The summed E-state index contributed by atoms with van der Waals surface area (Å²) < 4.78 is 2.11. The predicted octanol–water partition coefficient (Wildman–Crippen LogP) is 5.85. The van der Waals surface area contributed by atoms with E-state index in [1.165, 1.54) is 10.5 Å². The maximum absolute atomic E-state index is 13.4. The number of amides is 2. The van der Waals surface area contributed by atoms with E-state index in [1.807, 2.05) is 19.9 Å². The summed E-state index contributed by atoms with van der Waals surface area (Å²) >= 11 is 17.7. The molecule has 2 aromatic carbocycles. The van der Waals surface area contributed by atoms with Gasteiger partial charge in [-0.2, -0.15) is 0 Å². The molecule has 0 saturated carbocycles. The van der Waals surface area contributed by atoms with Gasteiger partial charge in [0.1, 0.15) is 5.57 Å². The van der Waals surface area contributed by atoms with Gasteiger partial charge >= 0.3 is 0 Å². The molecule has 1 saturated heterocycles. The number of aromatic nitrogens is 1. The van der Waals surface area contributed by atoms with Crippen molar-refractivity contribution in [3.8, 4) is 5.69 Å². The van der Waals surface area contributed by atoms with Crippen LogP contribution in [0.5, 0.6) is 0 Å². The molecule has 33 heavy (non-hydrogen) atoms. The largest absolute Gasteiger partial charge is 0.318 e. The van der Waals surface area contributed by atoms with Crippen LogP contribution in [0.4, 0.5) is 5.69 Å². The zero-order valence-corrected chi connectivity index (χ0v) is 20.8. The maximum atomic E-state index is 13.4. The van der Waals surface area contributed by atoms with Gasteiger partial charge in [0.2, 0.25) is 0 Å². The number of carbonyl (C=O) groups is 2. The molecule has 1 aromatic heterocycles. The monoisotopic (exact) mass is 497 g/mol. The Hall–Kier alpha value is -2.93. The van der Waals surface area contributed by atoms with E-state index in [-0.39, 0.29) is 20.7 Å². The number of rotatable bonds is 3. The molecule has 3 aromatic rings. The molecule has 1 N–H and O–H groups in total. The third-order valence-corrected chi connectivity index (χ3v) is 6.73. The number of benzene rings is 2. The van der Waals surface area contributed by atoms with Crippen LogP contribution in [0, 0.1) is 27.7 Å². The molecular weight excluding hydrogens is 477 g/mol. The van der Waals surface area contributed by atoms with E-state index < -0.39 is 11.8 Å². The minimum Gasteiger partial charge on any atom is -0.318 e. The van der Waals surface area contributed by atoms with Crippen LogP contribution < -0.4 is 10.2 Å². The predicted molar refractivity (Wildman–Crippen MR) is 137 cm³/mol. The molecule has 0 aliphatic carbocycles. The minimum absolute atomic E-state index is 0.0412. The fourth-order valence-electron chi connectivity index (χ4n) is 4.06. The van der Waals surface area contributed by atoms with E-state index in [4.69, 9.17) is 35.4 Å². The molecular formula is C25H21Cl2N3O2S. The van der Waals surface area contributed by atoms with Gasteiger partial charge in [0.15, 0.2) is 5.11 Å². The zero-order valence-electron chi connectivity index (χ0n) is 18.5. The van der Waals surface area contributed by atoms with Gasteiger partial charge in [-0.25, -0.2) is 0 Å². The first-order chi connectivity index (χ1) is 15.6. The third kappa shape index (κ3) is 4.10. The summed E-state index contributed by atoms with van der Waals surface area (Å²) in [6.07, 6.45) is 1.59. The number of thiocarbonyl (C=S) groups is 1. The highest BCUT2D eigenvalue weighted by atomic mass is 35.5. The average molecular weight is 498 g/mol. The van der Waals surface area contributed by atoms with Crippen LogP contribution in [0.15, 0.2) is 48.0 Å². The second-order valence-corrected chi connectivity index (χ2v) is 9.15. The molecule has 0 unspecified atom stereocenters. The van der Waals surface area contributed by atoms with Gasteiger partial charge in [0.05, 0.1) is 15.7 Å². The standard InChI is InChI=1S/C25H21Cl2N3O2S/c1-13-8-9-20(14(2)10-13)29-15(3)11-17(16(29)4)12-18-23(31)28-25(33)30(24(18)32)21-7-5-6-19(26)22(21)27/h5-12H,1-4H3,(H,28,31,33)/b18-12+. The Balaban J connectivity index is 1.80. The van der Waals surface area contributed by atoms with Crippen LogP contribution in [0.25, 0.3) is 11.8 Å². The number of anilines is 1. The first-order valence-electron chi connectivity index (χ1n) is 10.2. The van der Waals surface area contributed by atoms with E-state index in [0.29, 0.717) is 5.69 Å². The maximum Gasteiger partial charge on any atom is 0.270 e. The van der Waals surface area contributed by atoms with Gasteiger partial charge in [-0.15, -0.1) is 0 Å². The highest BCUT2D eigenvalue weighted by molar-refractivity contribution is 7.80. The van der Waals surface area contributed by atoms with Crippen molar-refractivity contribution in [2.45, 2.75) is 27.7 Å². The number of aryl methyl sites for hydroxylation is 3. The molecule has 4 rings (SSSR count). The molecule has 0 spiro atoms. The molecule has 5 nitrogen and oxygen atoms in total. The van der Waals surface area contributed by atoms with Crippen LogP contribution in [-0.2, 0) is 9.59 Å². The van der Waals surface area contributed by atoms with Gasteiger partial charge in [0, 0.05) is 17.1 Å². The number of hydrogen-bond donors (Lipinski definition) is 1. The van der Waals surface area contributed by atoms with Crippen LogP contribution in [0.3, 0.4) is 0 Å². The summed E-state index contributed by atoms with van der Waals surface area (Å²) in [6, 6.07) is 13.1. The van der Waals surface area contributed by atoms with Crippen molar-refractivity contribution in [1.29, 1.82) is 0 Å². The van der Waals surface area contributed by atoms with E-state index in [1.54, 1.807) is 24.3 Å². The van der Waals surface area contributed by atoms with Crippen molar-refractivity contribution in [1.82, 2.24) is 9.88 Å². The summed E-state index contributed by atoms with van der Waals surface area (Å²) in [5.41, 5.74) is 6.29. The van der Waals surface area contributed by atoms with Gasteiger partial charge < -0.3 is 4.57 Å². The zero-order chi connectivity index (χ0) is 24.0. The van der Waals surface area contributed by atoms with E-state index in [2.05, 4.69) is 41.9 Å². The quantitative estimate of drug-likeness (QED) is 0.280. The van der Waals surface area contributed by atoms with E-state index >= 15 is 0 Å². The van der Waals surface area contributed by atoms with Crippen molar-refractivity contribution in [3.63, 3.8) is 0 Å². The summed E-state index contributed by atoms with van der Waals surface area (Å²) in [5.74, 6) is -1.13. The fourth-order valence-corrected chi connectivity index (χ4v) is 4.71. The van der Waals surface area contributed by atoms with Crippen molar-refractivity contribution in [3.05, 3.63) is 86.2 Å². The van der Waals surface area contributed by atoms with Gasteiger partial charge in [-0.05, 0) is 81.4 Å². The van der Waals surface area contributed by atoms with Crippen molar-refractivity contribution < 1.29 is 9.59 Å². The summed E-state index contributed by atoms with van der Waals surface area (Å²) in [7, 11) is 0. The van der Waals surface area contributed by atoms with Crippen molar-refractivity contribution in [2.24, 2.45) is 0 Å². The van der Waals surface area contributed by atoms with Crippen LogP contribution >= 0.6 is 35.4 Å². The van der Waals surface area contributed by atoms with Crippen LogP contribution in [0.1, 0.15) is 28.1 Å². The second-order valence-electron chi connectivity index (χ2n) is 7.98. The summed E-state index contributed by atoms with van der Waals surface area (Å²) in [4.78, 5) is 27.3. The molecule has 0 atom stereocenters. The average Bonchev–Trinajstić information content (AvgIpc) is 3.01. The number of nitrogens with zero attached hydrogens (tertiary/aromatic N) is 2. The first-order valence-corrected chi connectivity index (χ1v) is 11.4. The summed E-state index contributed by atoms with van der Waals surface area (Å²) in [5, 5.41) is 3.00. The lowest BCUT2D eigenvalue weighted by molar-refractivity contribution is -0.122. The number of hydrogen-bond acceptors (Lipinski definition) is 3. The SMILES string of the molecule is Cc1ccc(-n2c(C)cc(/C=C3\C(=O)NC(=S)N(c4cccc(Cl)c4Cl)C3=O)c2C)c(C)c1. The number of carbonyl (C=O) groups excluding carboxylic acids is 2. The van der Waals surface area contributed by atoms with Crippen LogP contribution in [0.2, 0.25) is 10.0 Å². The summed E-state index contributed by atoms with van der Waals surface area (Å²) in [6.45, 7) is 8.06. The van der Waals surface area contributed by atoms with Gasteiger partial charge in [-0.3, -0.25) is 19.8 Å². The van der Waals surface area contributed by atoms with Crippen LogP contribution in [-0.4, -0.2) is 21.5 Å². The molecule has 1 aliphatic heterocycles. The topological polar surface area (TPSA) is 54.3 Å². The molecule has 0 radical (unpaired) electrons. The fraction of sp³-hybridized carbons (Fsp3) is 0.160. The number of halogens is 2. The Labute approximate surface area is 207 Å². The van der Waals surface area contributed by atoms with E-state index in [0.717, 1.165) is 28.2 Å². The molecule has 2 amide bonds. The van der Waals surface area contributed by atoms with Crippen molar-refractivity contribution in [2.75, 3.05) is 4.90 Å². The Morgan fingerprint density at radius 1 is 0.970 bits per heavy atom. The van der Waals surface area contributed by atoms with Gasteiger partial charge in [-0.1, -0.05) is 47.0 Å². The molecule has 0 bridgehead atoms. The first kappa shape index (κ1) is 23.2. The highest BCUT2D eigenvalue weighted by Crippen LogP contribution is 2.35. The lowest BCUT2D eigenvalue weighted by Gasteiger charge is -2.29. The normalized spacial score (nSPS) is 15.4. The Morgan fingerprint density at radius 2 is 1.70 bits per heavy atom. The van der Waals surface area contributed by atoms with Gasteiger partial charge in [0.25, 0.3) is 11.8 Å². The third-order valence-electron chi connectivity index (χ3n) is 5.64. The lowest BCUT2D eigenvalue weighted by Crippen LogP contribution is -2.54. The molecule has 1 fully saturated rings. The smallest absolute Gasteiger partial charge is 0.270 e. The second kappa shape index (κ2) is 8.78. The Morgan fingerprint density at radius 3 is 2.39 bits per heavy atom. The minimum atomic E-state index is -0.566. The lowest BCUT2D eigenvalue weighted by atomic mass is 10.1. The number of nitrogens with one attached hydrogen (secondary N) is 1. The molecule has 1 aliphatic rings. The Kier molecular flexibility index (Phi) is 6.18. The Bertz CT molecular complexity index is 1370. The molecule has 168 valence electrons. The van der Waals surface area contributed by atoms with Crippen molar-refractivity contribution >= 4 is 64.1 Å². The molecule has 2 heterocycles. The van der Waals surface area contributed by atoms with E-state index in [9.17, 15) is 9.59 Å².